The Morgan fingerprint density at radius 2 is 1.95 bits per heavy atom. The molecule has 0 saturated carbocycles. The van der Waals surface area contributed by atoms with E-state index in [0.29, 0.717) is 24.2 Å². The number of halogens is 1. The van der Waals surface area contributed by atoms with E-state index in [9.17, 15) is 17.6 Å². The van der Waals surface area contributed by atoms with Crippen molar-refractivity contribution in [3.05, 3.63) is 76.7 Å². The number of carbonyl (C=O) groups is 1. The lowest BCUT2D eigenvalue weighted by molar-refractivity contribution is -0.126. The molecule has 1 amide bonds. The zero-order valence-corrected chi connectivity index (χ0v) is 21.9. The minimum absolute atomic E-state index is 0.0339. The Kier molecular flexibility index (Phi) is 7.13. The smallest absolute Gasteiger partial charge is 0.248 e. The number of benzene rings is 2. The minimum atomic E-state index is -3.93. The van der Waals surface area contributed by atoms with Gasteiger partial charge in [0.1, 0.15) is 17.3 Å². The predicted molar refractivity (Wildman–Crippen MR) is 141 cm³/mol. The lowest BCUT2D eigenvalue weighted by atomic mass is 9.97. The zero-order chi connectivity index (χ0) is 26.9. The number of carbonyl (C=O) groups excluding carboxylic acids is 1. The van der Waals surface area contributed by atoms with Crippen molar-refractivity contribution < 1.29 is 22.1 Å². The van der Waals surface area contributed by atoms with Crippen molar-refractivity contribution in [1.82, 2.24) is 24.7 Å². The Labute approximate surface area is 219 Å². The quantitative estimate of drug-likeness (QED) is 0.365. The topological polar surface area (TPSA) is 121 Å². The molecule has 2 aromatic carbocycles. The van der Waals surface area contributed by atoms with Crippen LogP contribution in [0.4, 0.5) is 4.39 Å². The highest BCUT2D eigenvalue weighted by molar-refractivity contribution is 7.89. The third-order valence-corrected chi connectivity index (χ3v) is 8.75. The number of hydrogen-bond acceptors (Lipinski definition) is 6. The molecule has 2 N–H and O–H groups in total. The number of nitrogens with zero attached hydrogens (tertiary/aromatic N) is 3. The Morgan fingerprint density at radius 1 is 1.18 bits per heavy atom. The van der Waals surface area contributed by atoms with Crippen molar-refractivity contribution in [2.45, 2.75) is 38.1 Å². The van der Waals surface area contributed by atoms with Crippen molar-refractivity contribution in [2.75, 3.05) is 13.1 Å². The van der Waals surface area contributed by atoms with Crippen molar-refractivity contribution in [1.29, 1.82) is 0 Å². The summed E-state index contributed by atoms with van der Waals surface area (Å²) in [6, 6.07) is 12.1. The number of aromatic amines is 1. The fourth-order valence-corrected chi connectivity index (χ4v) is 6.36. The molecule has 1 fully saturated rings. The molecular formula is C27H28FN5O4S. The van der Waals surface area contributed by atoms with Gasteiger partial charge in [-0.3, -0.25) is 4.79 Å². The molecular weight excluding hydrogens is 509 g/mol. The average Bonchev–Trinajstić information content (AvgIpc) is 3.49. The summed E-state index contributed by atoms with van der Waals surface area (Å²) < 4.78 is 47.5. The van der Waals surface area contributed by atoms with Crippen LogP contribution in [-0.4, -0.2) is 46.8 Å². The number of aromatic nitrogens is 3. The second kappa shape index (κ2) is 10.5. The number of imidazole rings is 1. The Morgan fingerprint density at radius 3 is 2.71 bits per heavy atom. The van der Waals surface area contributed by atoms with Crippen LogP contribution >= 0.6 is 0 Å². The van der Waals surface area contributed by atoms with E-state index < -0.39 is 15.8 Å². The second-order valence-corrected chi connectivity index (χ2v) is 11.3. The van der Waals surface area contributed by atoms with Gasteiger partial charge in [-0.1, -0.05) is 29.4 Å². The van der Waals surface area contributed by atoms with Gasteiger partial charge in [-0.15, -0.1) is 0 Å². The molecule has 0 bridgehead atoms. The molecule has 0 unspecified atom stereocenters. The molecule has 2 aromatic heterocycles. The first-order valence-corrected chi connectivity index (χ1v) is 13.8. The average molecular weight is 538 g/mol. The van der Waals surface area contributed by atoms with Crippen LogP contribution in [-0.2, 0) is 21.4 Å². The van der Waals surface area contributed by atoms with Crippen molar-refractivity contribution in [2.24, 2.45) is 5.92 Å². The van der Waals surface area contributed by atoms with Gasteiger partial charge in [-0.05, 0) is 62.6 Å². The molecule has 0 atom stereocenters. The fourth-order valence-electron chi connectivity index (χ4n) is 4.64. The molecule has 1 saturated heterocycles. The standard InChI is InChI=1S/C27H28FN5O4S/c1-17-7-9-22-23(15-17)31-25(30-22)16-29-27(34)20-11-13-33(14-12-20)38(35,36)26-18(2)32-37-24(26)10-8-19-5-3-4-6-21(19)28/h3-10,15,20H,11-14,16H2,1-2H3,(H,29,34)(H,30,31). The molecule has 4 aromatic rings. The van der Waals surface area contributed by atoms with E-state index in [2.05, 4.69) is 20.4 Å². The minimum Gasteiger partial charge on any atom is -0.355 e. The third kappa shape index (κ3) is 5.25. The second-order valence-electron chi connectivity index (χ2n) is 9.42. The van der Waals surface area contributed by atoms with Gasteiger partial charge >= 0.3 is 0 Å². The van der Waals surface area contributed by atoms with E-state index in [4.69, 9.17) is 4.52 Å². The van der Waals surface area contributed by atoms with Crippen LogP contribution in [0.2, 0.25) is 0 Å². The number of aryl methyl sites for hydroxylation is 2. The number of hydrogen-bond donors (Lipinski definition) is 2. The first-order chi connectivity index (χ1) is 18.2. The molecule has 1 aliphatic heterocycles. The summed E-state index contributed by atoms with van der Waals surface area (Å²) in [4.78, 5) is 20.5. The van der Waals surface area contributed by atoms with Gasteiger partial charge in [0.2, 0.25) is 15.9 Å². The highest BCUT2D eigenvalue weighted by atomic mass is 32.2. The van der Waals surface area contributed by atoms with Crippen LogP contribution in [0.1, 0.15) is 41.2 Å². The SMILES string of the molecule is Cc1ccc2nc(CNC(=O)C3CCN(S(=O)(=O)c4c(C)noc4C=Cc4ccccc4F)CC3)[nH]c2c1. The largest absolute Gasteiger partial charge is 0.355 e. The molecule has 5 rings (SSSR count). The van der Waals surface area contributed by atoms with Gasteiger partial charge in [0.25, 0.3) is 0 Å². The van der Waals surface area contributed by atoms with Crippen LogP contribution in [0.3, 0.4) is 0 Å². The van der Waals surface area contributed by atoms with Crippen LogP contribution in [0.15, 0.2) is 51.9 Å². The summed E-state index contributed by atoms with van der Waals surface area (Å²) in [6.45, 7) is 4.19. The van der Waals surface area contributed by atoms with Crippen LogP contribution in [0.25, 0.3) is 23.2 Å². The Bertz CT molecular complexity index is 1620. The van der Waals surface area contributed by atoms with E-state index >= 15 is 0 Å². The molecule has 11 heteroatoms. The maximum absolute atomic E-state index is 14.0. The van der Waals surface area contributed by atoms with Gasteiger partial charge in [-0.2, -0.15) is 4.31 Å². The molecule has 1 aliphatic rings. The van der Waals surface area contributed by atoms with Crippen molar-refractivity contribution >= 4 is 39.1 Å². The lowest BCUT2D eigenvalue weighted by Crippen LogP contribution is -2.43. The Balaban J connectivity index is 1.22. The Hall–Kier alpha value is -3.83. The maximum Gasteiger partial charge on any atom is 0.248 e. The highest BCUT2D eigenvalue weighted by Gasteiger charge is 2.36. The lowest BCUT2D eigenvalue weighted by Gasteiger charge is -2.30. The van der Waals surface area contributed by atoms with Gasteiger partial charge in [-0.25, -0.2) is 17.8 Å². The molecule has 0 radical (unpaired) electrons. The molecule has 9 nitrogen and oxygen atoms in total. The van der Waals surface area contributed by atoms with Gasteiger partial charge in [0, 0.05) is 24.6 Å². The third-order valence-electron chi connectivity index (χ3n) is 6.69. The van der Waals surface area contributed by atoms with E-state index in [1.165, 1.54) is 22.5 Å². The number of rotatable bonds is 7. The summed E-state index contributed by atoms with van der Waals surface area (Å²) in [6.07, 6.45) is 3.63. The normalized spacial score (nSPS) is 15.4. The molecule has 38 heavy (non-hydrogen) atoms. The van der Waals surface area contributed by atoms with Crippen molar-refractivity contribution in [3.8, 4) is 0 Å². The fraction of sp³-hybridized carbons (Fsp3) is 0.296. The van der Waals surface area contributed by atoms with E-state index in [1.807, 2.05) is 25.1 Å². The van der Waals surface area contributed by atoms with Crippen LogP contribution in [0.5, 0.6) is 0 Å². The number of fused-ring (bicyclic) bond motifs is 1. The number of H-pyrrole nitrogens is 1. The monoisotopic (exact) mass is 537 g/mol. The molecule has 0 aliphatic carbocycles. The number of amides is 1. The highest BCUT2D eigenvalue weighted by Crippen LogP contribution is 2.29. The molecule has 0 spiro atoms. The van der Waals surface area contributed by atoms with E-state index in [0.717, 1.165) is 16.6 Å². The summed E-state index contributed by atoms with van der Waals surface area (Å²) in [5, 5.41) is 6.75. The summed E-state index contributed by atoms with van der Waals surface area (Å²) in [5.41, 5.74) is 3.40. The first kappa shape index (κ1) is 25.8. The number of sulfonamides is 1. The summed E-state index contributed by atoms with van der Waals surface area (Å²) in [5.74, 6) is -0.171. The van der Waals surface area contributed by atoms with Gasteiger partial charge in [0.15, 0.2) is 10.7 Å². The summed E-state index contributed by atoms with van der Waals surface area (Å²) >= 11 is 0. The van der Waals surface area contributed by atoms with Crippen molar-refractivity contribution in [3.63, 3.8) is 0 Å². The van der Waals surface area contributed by atoms with Crippen LogP contribution < -0.4 is 5.32 Å². The zero-order valence-electron chi connectivity index (χ0n) is 21.1. The summed E-state index contributed by atoms with van der Waals surface area (Å²) in [7, 11) is -3.93. The molecule has 198 valence electrons. The predicted octanol–water partition coefficient (Wildman–Crippen LogP) is 4.19. The van der Waals surface area contributed by atoms with Gasteiger partial charge in [0.05, 0.1) is 17.6 Å². The number of nitrogens with one attached hydrogen (secondary N) is 2. The van der Waals surface area contributed by atoms with E-state index in [-0.39, 0.29) is 47.8 Å². The molecule has 3 heterocycles. The number of piperidine rings is 1. The van der Waals surface area contributed by atoms with E-state index in [1.54, 1.807) is 25.1 Å². The van der Waals surface area contributed by atoms with Crippen LogP contribution in [0, 0.1) is 25.6 Å². The van der Waals surface area contributed by atoms with Gasteiger partial charge < -0.3 is 14.8 Å². The maximum atomic E-state index is 14.0. The first-order valence-electron chi connectivity index (χ1n) is 12.3.